The molecule has 0 fully saturated rings. The lowest BCUT2D eigenvalue weighted by atomic mass is 10.1. The topological polar surface area (TPSA) is 78.8 Å². The average molecular weight is 665 g/mol. The van der Waals surface area contributed by atoms with Crippen LogP contribution in [0.1, 0.15) is 5.56 Å². The fraction of sp³-hybridized carbons (Fsp3) is 0.188. The van der Waals surface area contributed by atoms with Crippen LogP contribution in [0.25, 0.3) is 0 Å². The van der Waals surface area contributed by atoms with Gasteiger partial charge in [-0.05, 0) is 117 Å². The summed E-state index contributed by atoms with van der Waals surface area (Å²) in [6, 6.07) is 8.29. The highest BCUT2D eigenvalue weighted by atomic mass is 127. The largest absolute Gasteiger partial charge is 0.507 e. The second-order valence-corrected chi connectivity index (χ2v) is 8.47. The Labute approximate surface area is 180 Å². The molecule has 0 aromatic heterocycles. The van der Waals surface area contributed by atoms with Crippen LogP contribution in [0.4, 0.5) is 0 Å². The van der Waals surface area contributed by atoms with E-state index in [-0.39, 0.29) is 5.75 Å². The van der Waals surface area contributed by atoms with E-state index in [2.05, 4.69) is 50.5 Å². The van der Waals surface area contributed by atoms with Crippen molar-refractivity contribution in [3.63, 3.8) is 0 Å². The number of carbonyl (C=O) groups is 1. The number of ether oxygens (including phenoxy) is 1. The summed E-state index contributed by atoms with van der Waals surface area (Å²) < 4.78 is 8.46. The smallest absolute Gasteiger partial charge is 0.321 e. The lowest BCUT2D eigenvalue weighted by Gasteiger charge is -2.15. The number of halogens is 3. The van der Waals surface area contributed by atoms with Gasteiger partial charge < -0.3 is 20.3 Å². The summed E-state index contributed by atoms with van der Waals surface area (Å²) in [5, 5.41) is 21.5. The molecule has 1 atom stereocenters. The summed E-state index contributed by atoms with van der Waals surface area (Å²) >= 11 is 6.40. The first kappa shape index (κ1) is 20.0. The van der Waals surface area contributed by atoms with E-state index < -0.39 is 12.0 Å². The number of phenols is 1. The summed E-state index contributed by atoms with van der Waals surface area (Å²) in [6.45, 7) is 0. The van der Waals surface area contributed by atoms with Crippen LogP contribution in [0.3, 0.4) is 0 Å². The van der Waals surface area contributed by atoms with E-state index in [1.807, 2.05) is 34.7 Å². The molecule has 24 heavy (non-hydrogen) atoms. The van der Waals surface area contributed by atoms with Crippen molar-refractivity contribution < 1.29 is 19.7 Å². The molecule has 3 N–H and O–H groups in total. The molecule has 0 heterocycles. The molecule has 128 valence electrons. The second-order valence-electron chi connectivity index (χ2n) is 4.99. The maximum absolute atomic E-state index is 11.2. The number of benzene rings is 2. The van der Waals surface area contributed by atoms with Crippen LogP contribution in [0.15, 0.2) is 30.3 Å². The van der Waals surface area contributed by atoms with Crippen molar-refractivity contribution in [3.8, 4) is 17.2 Å². The molecule has 0 aliphatic carbocycles. The van der Waals surface area contributed by atoms with Crippen molar-refractivity contribution in [1.29, 1.82) is 0 Å². The lowest BCUT2D eigenvalue weighted by Crippen LogP contribution is -2.35. The third kappa shape index (κ3) is 5.08. The number of nitrogens with one attached hydrogen (secondary N) is 1. The second kappa shape index (κ2) is 8.85. The van der Waals surface area contributed by atoms with Gasteiger partial charge in [0, 0.05) is 0 Å². The van der Waals surface area contributed by atoms with E-state index >= 15 is 0 Å². The zero-order valence-electron chi connectivity index (χ0n) is 12.5. The summed E-state index contributed by atoms with van der Waals surface area (Å²) in [5.74, 6) is 0.702. The van der Waals surface area contributed by atoms with Crippen molar-refractivity contribution in [2.24, 2.45) is 0 Å². The Kier molecular flexibility index (Phi) is 7.37. The molecule has 0 radical (unpaired) electrons. The van der Waals surface area contributed by atoms with E-state index in [4.69, 9.17) is 9.84 Å². The standard InChI is InChI=1S/C16H14I3NO4/c1-20-13(16(22)23)6-8-4-11(18)15(12(19)5-8)24-9-2-3-14(21)10(17)7-9/h2-5,7,13,20-21H,6H2,1H3,(H,22,23). The number of aromatic hydroxyl groups is 1. The van der Waals surface area contributed by atoms with Crippen molar-refractivity contribution in [1.82, 2.24) is 5.32 Å². The van der Waals surface area contributed by atoms with Gasteiger partial charge in [0.2, 0.25) is 0 Å². The molecule has 2 aromatic rings. The van der Waals surface area contributed by atoms with Gasteiger partial charge in [-0.3, -0.25) is 4.79 Å². The van der Waals surface area contributed by atoms with Gasteiger partial charge >= 0.3 is 5.97 Å². The fourth-order valence-corrected chi connectivity index (χ4v) is 4.65. The van der Waals surface area contributed by atoms with Crippen molar-refractivity contribution in [3.05, 3.63) is 46.6 Å². The molecule has 0 bridgehead atoms. The van der Waals surface area contributed by atoms with Gasteiger partial charge in [0.05, 0.1) is 10.7 Å². The van der Waals surface area contributed by atoms with Crippen LogP contribution in [0, 0.1) is 10.7 Å². The molecule has 0 aliphatic rings. The van der Waals surface area contributed by atoms with Crippen LogP contribution in [0.5, 0.6) is 17.2 Å². The van der Waals surface area contributed by atoms with Crippen LogP contribution in [-0.4, -0.2) is 29.3 Å². The van der Waals surface area contributed by atoms with Crippen LogP contribution in [0.2, 0.25) is 0 Å². The minimum absolute atomic E-state index is 0.217. The van der Waals surface area contributed by atoms with Crippen LogP contribution < -0.4 is 10.1 Å². The molecule has 0 saturated carbocycles. The first-order valence-electron chi connectivity index (χ1n) is 6.86. The van der Waals surface area contributed by atoms with E-state index in [0.717, 1.165) is 18.5 Å². The highest BCUT2D eigenvalue weighted by Crippen LogP contribution is 2.34. The quantitative estimate of drug-likeness (QED) is 0.404. The summed E-state index contributed by atoms with van der Waals surface area (Å²) in [6.07, 6.45) is 0.398. The number of carboxylic acids is 1. The minimum atomic E-state index is -0.874. The Morgan fingerprint density at radius 2 is 1.79 bits per heavy atom. The fourth-order valence-electron chi connectivity index (χ4n) is 2.05. The van der Waals surface area contributed by atoms with Gasteiger partial charge in [-0.15, -0.1) is 0 Å². The third-order valence-electron chi connectivity index (χ3n) is 3.28. The molecule has 0 spiro atoms. The van der Waals surface area contributed by atoms with Crippen LogP contribution >= 0.6 is 67.8 Å². The molecule has 2 rings (SSSR count). The zero-order chi connectivity index (χ0) is 17.9. The molecule has 0 amide bonds. The van der Waals surface area contributed by atoms with E-state index in [1.165, 1.54) is 0 Å². The molecular weight excluding hydrogens is 651 g/mol. The van der Waals surface area contributed by atoms with Gasteiger partial charge in [-0.2, -0.15) is 0 Å². The molecule has 5 nitrogen and oxygen atoms in total. The monoisotopic (exact) mass is 665 g/mol. The van der Waals surface area contributed by atoms with Gasteiger partial charge in [0.15, 0.2) is 5.75 Å². The summed E-state index contributed by atoms with van der Waals surface area (Å²) in [5.41, 5.74) is 0.929. The normalized spacial score (nSPS) is 12.0. The predicted octanol–water partition coefficient (Wildman–Crippen LogP) is 4.21. The summed E-state index contributed by atoms with van der Waals surface area (Å²) in [4.78, 5) is 11.2. The maximum atomic E-state index is 11.2. The molecular formula is C16H14I3NO4. The number of hydrogen-bond acceptors (Lipinski definition) is 4. The third-order valence-corrected chi connectivity index (χ3v) is 5.75. The lowest BCUT2D eigenvalue weighted by molar-refractivity contribution is -0.139. The molecule has 0 saturated heterocycles. The Hall–Kier alpha value is -0.340. The maximum Gasteiger partial charge on any atom is 0.321 e. The molecule has 8 heteroatoms. The Morgan fingerprint density at radius 3 is 2.29 bits per heavy atom. The van der Waals surface area contributed by atoms with Gasteiger partial charge in [-0.25, -0.2) is 0 Å². The van der Waals surface area contributed by atoms with Crippen molar-refractivity contribution in [2.45, 2.75) is 12.5 Å². The van der Waals surface area contributed by atoms with Gasteiger partial charge in [0.25, 0.3) is 0 Å². The van der Waals surface area contributed by atoms with Crippen molar-refractivity contribution >= 4 is 73.7 Å². The molecule has 2 aromatic carbocycles. The SMILES string of the molecule is CNC(Cc1cc(I)c(Oc2ccc(O)c(I)c2)c(I)c1)C(=O)O. The first-order chi connectivity index (χ1) is 11.3. The first-order valence-corrected chi connectivity index (χ1v) is 10.1. The van der Waals surface area contributed by atoms with Crippen molar-refractivity contribution in [2.75, 3.05) is 7.05 Å². The number of carboxylic acid groups (broad SMARTS) is 1. The molecule has 0 aliphatic heterocycles. The number of hydrogen-bond donors (Lipinski definition) is 3. The number of rotatable bonds is 6. The van der Waals surface area contributed by atoms with Crippen LogP contribution in [-0.2, 0) is 11.2 Å². The minimum Gasteiger partial charge on any atom is -0.507 e. The van der Waals surface area contributed by atoms with Gasteiger partial charge in [-0.1, -0.05) is 0 Å². The highest BCUT2D eigenvalue weighted by molar-refractivity contribution is 14.1. The Balaban J connectivity index is 2.26. The highest BCUT2D eigenvalue weighted by Gasteiger charge is 2.18. The Morgan fingerprint density at radius 1 is 1.17 bits per heavy atom. The summed E-state index contributed by atoms with van der Waals surface area (Å²) in [7, 11) is 1.64. The average Bonchev–Trinajstić information content (AvgIpc) is 2.51. The van der Waals surface area contributed by atoms with E-state index in [0.29, 0.717) is 15.7 Å². The predicted molar refractivity (Wildman–Crippen MR) is 117 cm³/mol. The van der Waals surface area contributed by atoms with E-state index in [1.54, 1.807) is 25.2 Å². The number of aliphatic carboxylic acids is 1. The number of phenolic OH excluding ortho intramolecular Hbond substituents is 1. The van der Waals surface area contributed by atoms with Gasteiger partial charge in [0.1, 0.15) is 17.5 Å². The molecule has 1 unspecified atom stereocenters. The Bertz CT molecular complexity index is 744. The zero-order valence-corrected chi connectivity index (χ0v) is 19.0. The number of likely N-dealkylation sites (N-methyl/N-ethyl adjacent to an activating group) is 1. The van der Waals surface area contributed by atoms with E-state index in [9.17, 15) is 9.90 Å².